The quantitative estimate of drug-likeness (QED) is 0.773. The lowest BCUT2D eigenvalue weighted by Crippen LogP contribution is -2.14. The summed E-state index contributed by atoms with van der Waals surface area (Å²) < 4.78 is 10.9. The molecule has 2 heteroatoms. The van der Waals surface area contributed by atoms with Gasteiger partial charge in [0.05, 0.1) is 13.2 Å². The topological polar surface area (TPSA) is 18.5 Å². The zero-order valence-corrected chi connectivity index (χ0v) is 9.64. The Morgan fingerprint density at radius 1 is 1.19 bits per heavy atom. The van der Waals surface area contributed by atoms with Gasteiger partial charge in [-0.05, 0) is 18.1 Å². The van der Waals surface area contributed by atoms with Gasteiger partial charge >= 0.3 is 0 Å². The second kappa shape index (κ2) is 4.99. The predicted molar refractivity (Wildman–Crippen MR) is 65.5 cm³/mol. The lowest BCUT2D eigenvalue weighted by molar-refractivity contribution is 0.150. The van der Waals surface area contributed by atoms with Gasteiger partial charge in [-0.15, -0.1) is 0 Å². The number of para-hydroxylation sites is 1. The zero-order chi connectivity index (χ0) is 11.4. The molecular formula is C14H16O2. The third-order valence-corrected chi connectivity index (χ3v) is 2.81. The molecule has 2 nitrogen and oxygen atoms in total. The van der Waals surface area contributed by atoms with Gasteiger partial charge in [-0.25, -0.2) is 0 Å². The van der Waals surface area contributed by atoms with Crippen LogP contribution in [0.15, 0.2) is 42.5 Å². The van der Waals surface area contributed by atoms with Gasteiger partial charge in [-0.2, -0.15) is 0 Å². The fourth-order valence-corrected chi connectivity index (χ4v) is 1.98. The van der Waals surface area contributed by atoms with E-state index in [0.717, 1.165) is 17.7 Å². The van der Waals surface area contributed by atoms with Crippen LogP contribution in [0, 0.1) is 0 Å². The number of allylic oxidation sites excluding steroid dienone is 2. The van der Waals surface area contributed by atoms with E-state index in [0.29, 0.717) is 0 Å². The highest BCUT2D eigenvalue weighted by molar-refractivity contribution is 5.75. The summed E-state index contributed by atoms with van der Waals surface area (Å²) in [7, 11) is 3.44. The molecule has 1 aromatic carbocycles. The van der Waals surface area contributed by atoms with Gasteiger partial charge in [0.15, 0.2) is 0 Å². The summed E-state index contributed by atoms with van der Waals surface area (Å²) in [5, 5.41) is 0. The van der Waals surface area contributed by atoms with Crippen molar-refractivity contribution in [2.75, 3.05) is 14.2 Å². The predicted octanol–water partition coefficient (Wildman–Crippen LogP) is 3.05. The van der Waals surface area contributed by atoms with Crippen LogP contribution in [0.5, 0.6) is 5.75 Å². The van der Waals surface area contributed by atoms with Gasteiger partial charge in [0.25, 0.3) is 0 Å². The molecule has 1 aromatic rings. The summed E-state index contributed by atoms with van der Waals surface area (Å²) >= 11 is 0. The molecule has 0 heterocycles. The Labute approximate surface area is 96.2 Å². The van der Waals surface area contributed by atoms with E-state index in [1.807, 2.05) is 18.2 Å². The highest BCUT2D eigenvalue weighted by Gasteiger charge is 2.18. The lowest BCUT2D eigenvalue weighted by atomic mass is 9.94. The van der Waals surface area contributed by atoms with Gasteiger partial charge in [-0.3, -0.25) is 0 Å². The molecule has 1 aliphatic carbocycles. The van der Waals surface area contributed by atoms with Crippen molar-refractivity contribution in [1.82, 2.24) is 0 Å². The molecule has 0 saturated heterocycles. The molecule has 1 unspecified atom stereocenters. The number of hydrogen-bond donors (Lipinski definition) is 0. The van der Waals surface area contributed by atoms with Gasteiger partial charge < -0.3 is 9.47 Å². The second-order valence-corrected chi connectivity index (χ2v) is 3.71. The number of rotatable bonds is 3. The summed E-state index contributed by atoms with van der Waals surface area (Å²) in [6, 6.07) is 8.03. The van der Waals surface area contributed by atoms with Crippen molar-refractivity contribution in [3.8, 4) is 5.75 Å². The van der Waals surface area contributed by atoms with Crippen molar-refractivity contribution in [3.05, 3.63) is 48.1 Å². The summed E-state index contributed by atoms with van der Waals surface area (Å²) in [6.45, 7) is 0. The molecule has 2 rings (SSSR count). The molecule has 84 valence electrons. The molecule has 0 radical (unpaired) electrons. The fraction of sp³-hybridized carbons (Fsp3) is 0.286. The van der Waals surface area contributed by atoms with Gasteiger partial charge in [-0.1, -0.05) is 36.4 Å². The van der Waals surface area contributed by atoms with E-state index in [1.54, 1.807) is 14.2 Å². The first-order valence-electron chi connectivity index (χ1n) is 5.39. The van der Waals surface area contributed by atoms with Crippen LogP contribution in [-0.4, -0.2) is 20.3 Å². The maximum absolute atomic E-state index is 5.48. The number of methoxy groups -OCH3 is 2. The van der Waals surface area contributed by atoms with Crippen molar-refractivity contribution in [3.63, 3.8) is 0 Å². The molecule has 0 amide bonds. The Morgan fingerprint density at radius 2 is 2.00 bits per heavy atom. The van der Waals surface area contributed by atoms with E-state index in [9.17, 15) is 0 Å². The van der Waals surface area contributed by atoms with Crippen LogP contribution in [0.2, 0.25) is 0 Å². The normalized spacial score (nSPS) is 19.4. The van der Waals surface area contributed by atoms with E-state index in [1.165, 1.54) is 5.57 Å². The Balaban J connectivity index is 2.42. The van der Waals surface area contributed by atoms with Crippen LogP contribution >= 0.6 is 0 Å². The Kier molecular flexibility index (Phi) is 3.42. The first-order valence-corrected chi connectivity index (χ1v) is 5.39. The van der Waals surface area contributed by atoms with Gasteiger partial charge in [0.1, 0.15) is 5.75 Å². The largest absolute Gasteiger partial charge is 0.496 e. The van der Waals surface area contributed by atoms with Crippen LogP contribution in [0.4, 0.5) is 0 Å². The molecule has 0 N–H and O–H groups in total. The number of benzene rings is 1. The Hall–Kier alpha value is -1.54. The SMILES string of the molecule is COc1ccccc1C1=CC=CCC1OC. The second-order valence-electron chi connectivity index (χ2n) is 3.71. The maximum atomic E-state index is 5.48. The first kappa shape index (κ1) is 11.0. The molecule has 16 heavy (non-hydrogen) atoms. The zero-order valence-electron chi connectivity index (χ0n) is 9.64. The minimum Gasteiger partial charge on any atom is -0.496 e. The van der Waals surface area contributed by atoms with Crippen molar-refractivity contribution in [1.29, 1.82) is 0 Å². The summed E-state index contributed by atoms with van der Waals surface area (Å²) in [5.41, 5.74) is 2.30. The van der Waals surface area contributed by atoms with Crippen LogP contribution < -0.4 is 4.74 Å². The highest BCUT2D eigenvalue weighted by Crippen LogP contribution is 2.32. The number of ether oxygens (including phenoxy) is 2. The smallest absolute Gasteiger partial charge is 0.126 e. The van der Waals surface area contributed by atoms with Crippen LogP contribution in [0.3, 0.4) is 0 Å². The van der Waals surface area contributed by atoms with Gasteiger partial charge in [0, 0.05) is 12.7 Å². The minimum absolute atomic E-state index is 0.126. The van der Waals surface area contributed by atoms with E-state index < -0.39 is 0 Å². The van der Waals surface area contributed by atoms with Crippen molar-refractivity contribution < 1.29 is 9.47 Å². The van der Waals surface area contributed by atoms with Crippen LogP contribution in [0.25, 0.3) is 5.57 Å². The molecule has 0 aliphatic heterocycles. The Bertz CT molecular complexity index is 418. The molecule has 1 aliphatic rings. The maximum Gasteiger partial charge on any atom is 0.126 e. The van der Waals surface area contributed by atoms with E-state index in [-0.39, 0.29) is 6.10 Å². The Morgan fingerprint density at radius 3 is 2.75 bits per heavy atom. The summed E-state index contributed by atoms with van der Waals surface area (Å²) in [6.07, 6.45) is 7.32. The first-order chi connectivity index (χ1) is 7.86. The third-order valence-electron chi connectivity index (χ3n) is 2.81. The molecule has 1 atom stereocenters. The van der Waals surface area contributed by atoms with E-state index in [4.69, 9.17) is 9.47 Å². The van der Waals surface area contributed by atoms with Crippen LogP contribution in [-0.2, 0) is 4.74 Å². The lowest BCUT2D eigenvalue weighted by Gasteiger charge is -2.21. The van der Waals surface area contributed by atoms with Crippen LogP contribution in [0.1, 0.15) is 12.0 Å². The molecular weight excluding hydrogens is 200 g/mol. The van der Waals surface area contributed by atoms with E-state index >= 15 is 0 Å². The molecule has 0 spiro atoms. The average Bonchev–Trinajstić information content (AvgIpc) is 2.38. The fourth-order valence-electron chi connectivity index (χ4n) is 1.98. The number of hydrogen-bond acceptors (Lipinski definition) is 2. The highest BCUT2D eigenvalue weighted by atomic mass is 16.5. The molecule has 0 bridgehead atoms. The average molecular weight is 216 g/mol. The third kappa shape index (κ3) is 2.02. The van der Waals surface area contributed by atoms with Crippen molar-refractivity contribution in [2.45, 2.75) is 12.5 Å². The summed E-state index contributed by atoms with van der Waals surface area (Å²) in [5.74, 6) is 0.895. The monoisotopic (exact) mass is 216 g/mol. The summed E-state index contributed by atoms with van der Waals surface area (Å²) in [4.78, 5) is 0. The van der Waals surface area contributed by atoms with Crippen molar-refractivity contribution >= 4 is 5.57 Å². The molecule has 0 saturated carbocycles. The van der Waals surface area contributed by atoms with E-state index in [2.05, 4.69) is 24.3 Å². The van der Waals surface area contributed by atoms with Crippen molar-refractivity contribution in [2.24, 2.45) is 0 Å². The standard InChI is InChI=1S/C14H16O2/c1-15-13-9-5-3-7-11(13)12-8-4-6-10-14(12)16-2/h3-9,14H,10H2,1-2H3. The minimum atomic E-state index is 0.126. The molecule has 0 aromatic heterocycles. The molecule has 0 fully saturated rings. The van der Waals surface area contributed by atoms with Gasteiger partial charge in [0.2, 0.25) is 0 Å².